The number of nitrogens with zero attached hydrogens (tertiary/aromatic N) is 3. The van der Waals surface area contributed by atoms with Gasteiger partial charge in [0, 0.05) is 53.0 Å². The van der Waals surface area contributed by atoms with Gasteiger partial charge in [-0.25, -0.2) is 9.97 Å². The van der Waals surface area contributed by atoms with Gasteiger partial charge in [-0.15, -0.1) is 0 Å². The van der Waals surface area contributed by atoms with Gasteiger partial charge in [-0.1, -0.05) is 30.3 Å². The van der Waals surface area contributed by atoms with Crippen molar-refractivity contribution < 1.29 is 4.74 Å². The molecule has 0 radical (unpaired) electrons. The number of nitrogens with one attached hydrogen (secondary N) is 2. The highest BCUT2D eigenvalue weighted by Gasteiger charge is 2.10. The van der Waals surface area contributed by atoms with E-state index in [1.807, 2.05) is 54.9 Å². The number of aromatic amines is 1. The number of hydrogen-bond acceptors (Lipinski definition) is 6. The minimum Gasteiger partial charge on any atom is -0.490 e. The van der Waals surface area contributed by atoms with Crippen molar-refractivity contribution >= 4 is 22.5 Å². The average Bonchev–Trinajstić information content (AvgIpc) is 3.26. The lowest BCUT2D eigenvalue weighted by molar-refractivity contribution is 0.287. The second-order valence-electron chi connectivity index (χ2n) is 7.82. The maximum atomic E-state index is 6.37. The summed E-state index contributed by atoms with van der Waals surface area (Å²) in [6.07, 6.45) is 9.68. The molecule has 7 heteroatoms. The number of ether oxygens (including phenoxy) is 1. The lowest BCUT2D eigenvalue weighted by Gasteiger charge is -2.14. The molecule has 1 atom stereocenters. The van der Waals surface area contributed by atoms with Crippen molar-refractivity contribution in [3.63, 3.8) is 0 Å². The van der Waals surface area contributed by atoms with Gasteiger partial charge in [0.25, 0.3) is 0 Å². The first-order valence-corrected chi connectivity index (χ1v) is 10.8. The van der Waals surface area contributed by atoms with E-state index >= 15 is 0 Å². The number of aromatic nitrogens is 4. The Labute approximate surface area is 191 Å². The maximum absolute atomic E-state index is 6.37. The van der Waals surface area contributed by atoms with Gasteiger partial charge in [-0.05, 0) is 47.9 Å². The van der Waals surface area contributed by atoms with Crippen LogP contribution in [0.2, 0.25) is 0 Å². The quantitative estimate of drug-likeness (QED) is 0.326. The third kappa shape index (κ3) is 4.99. The molecule has 7 nitrogen and oxygen atoms in total. The van der Waals surface area contributed by atoms with Crippen LogP contribution in [-0.4, -0.2) is 32.6 Å². The average molecular weight is 437 g/mol. The number of H-pyrrole nitrogens is 1. The second-order valence-corrected chi connectivity index (χ2v) is 7.82. The van der Waals surface area contributed by atoms with E-state index in [1.165, 1.54) is 10.9 Å². The monoisotopic (exact) mass is 436 g/mol. The highest BCUT2D eigenvalue weighted by atomic mass is 16.5. The molecule has 164 valence electrons. The largest absolute Gasteiger partial charge is 0.490 e. The molecule has 0 spiro atoms. The molecule has 0 aliphatic heterocycles. The fraction of sp³-hybridized carbons (Fsp3) is 0.115. The number of pyridine rings is 1. The molecule has 0 saturated carbocycles. The topological polar surface area (TPSA) is 102 Å². The highest BCUT2D eigenvalue weighted by molar-refractivity contribution is 5.83. The van der Waals surface area contributed by atoms with Gasteiger partial charge in [-0.2, -0.15) is 0 Å². The van der Waals surface area contributed by atoms with Gasteiger partial charge in [0.1, 0.15) is 12.4 Å². The van der Waals surface area contributed by atoms with Gasteiger partial charge in [0.2, 0.25) is 5.95 Å². The van der Waals surface area contributed by atoms with E-state index in [4.69, 9.17) is 10.5 Å². The number of fused-ring (bicyclic) bond motifs is 1. The lowest BCUT2D eigenvalue weighted by atomic mass is 10.1. The normalized spacial score (nSPS) is 11.9. The minimum atomic E-state index is -0.133. The van der Waals surface area contributed by atoms with Crippen LogP contribution in [0.1, 0.15) is 5.56 Å². The summed E-state index contributed by atoms with van der Waals surface area (Å²) in [5.74, 6) is 1.24. The molecular formula is C26H24N6O. The van der Waals surface area contributed by atoms with Crippen LogP contribution in [0.5, 0.6) is 5.75 Å². The molecule has 0 amide bonds. The summed E-state index contributed by atoms with van der Waals surface area (Å²) in [7, 11) is 0. The number of rotatable bonds is 8. The molecule has 2 aromatic carbocycles. The van der Waals surface area contributed by atoms with Gasteiger partial charge >= 0.3 is 0 Å². The Morgan fingerprint density at radius 1 is 0.939 bits per heavy atom. The van der Waals surface area contributed by atoms with E-state index in [-0.39, 0.29) is 6.04 Å². The summed E-state index contributed by atoms with van der Waals surface area (Å²) in [6, 6.07) is 19.9. The third-order valence-electron chi connectivity index (χ3n) is 5.35. The fourth-order valence-corrected chi connectivity index (χ4v) is 3.77. The Balaban J connectivity index is 1.24. The molecule has 0 aliphatic carbocycles. The van der Waals surface area contributed by atoms with Crippen LogP contribution in [0.25, 0.3) is 22.0 Å². The summed E-state index contributed by atoms with van der Waals surface area (Å²) in [5, 5.41) is 4.41. The SMILES string of the molecule is N[C@H](COc1cncc(-c2cccc(Nc3ncccn3)c2)c1)Cc1c[nH]c2ccccc12. The Morgan fingerprint density at radius 3 is 2.73 bits per heavy atom. The van der Waals surface area contributed by atoms with Crippen LogP contribution in [0.4, 0.5) is 11.6 Å². The van der Waals surface area contributed by atoms with Crippen LogP contribution in [0.3, 0.4) is 0 Å². The number of anilines is 2. The summed E-state index contributed by atoms with van der Waals surface area (Å²) in [5.41, 5.74) is 11.5. The molecule has 5 aromatic rings. The van der Waals surface area contributed by atoms with E-state index in [2.05, 4.69) is 37.4 Å². The Kier molecular flexibility index (Phi) is 5.95. The van der Waals surface area contributed by atoms with Gasteiger partial charge < -0.3 is 20.8 Å². The molecule has 3 heterocycles. The van der Waals surface area contributed by atoms with Crippen molar-refractivity contribution in [3.05, 3.63) is 97.2 Å². The third-order valence-corrected chi connectivity index (χ3v) is 5.35. The number of benzene rings is 2. The molecule has 0 unspecified atom stereocenters. The van der Waals surface area contributed by atoms with E-state index < -0.39 is 0 Å². The van der Waals surface area contributed by atoms with Crippen LogP contribution in [0.15, 0.2) is 91.6 Å². The predicted molar refractivity (Wildman–Crippen MR) is 130 cm³/mol. The standard InChI is InChI=1S/C26H24N6O/c27-21(11-20-15-31-25-8-2-1-7-24(20)25)17-33-23-13-19(14-28-16-23)18-5-3-6-22(12-18)32-26-29-9-4-10-30-26/h1-10,12-16,21,31H,11,17,27H2,(H,29,30,32)/t21-/m0/s1. The summed E-state index contributed by atoms with van der Waals surface area (Å²) < 4.78 is 5.98. The zero-order chi connectivity index (χ0) is 22.5. The molecule has 4 N–H and O–H groups in total. The van der Waals surface area contributed by atoms with Crippen molar-refractivity contribution in [3.8, 4) is 16.9 Å². The van der Waals surface area contributed by atoms with Crippen molar-refractivity contribution in [2.24, 2.45) is 5.73 Å². The van der Waals surface area contributed by atoms with Crippen molar-refractivity contribution in [2.45, 2.75) is 12.5 Å². The van der Waals surface area contributed by atoms with E-state index in [9.17, 15) is 0 Å². The van der Waals surface area contributed by atoms with Crippen LogP contribution < -0.4 is 15.8 Å². The van der Waals surface area contributed by atoms with E-state index in [0.717, 1.165) is 28.8 Å². The summed E-state index contributed by atoms with van der Waals surface area (Å²) in [4.78, 5) is 16.1. The Bertz CT molecular complexity index is 1350. The van der Waals surface area contributed by atoms with Crippen molar-refractivity contribution in [2.75, 3.05) is 11.9 Å². The maximum Gasteiger partial charge on any atom is 0.227 e. The molecule has 33 heavy (non-hydrogen) atoms. The van der Waals surface area contributed by atoms with E-state index in [1.54, 1.807) is 24.7 Å². The zero-order valence-electron chi connectivity index (χ0n) is 18.0. The zero-order valence-corrected chi connectivity index (χ0v) is 18.0. The Hall–Kier alpha value is -4.23. The highest BCUT2D eigenvalue weighted by Crippen LogP contribution is 2.26. The predicted octanol–water partition coefficient (Wildman–Crippen LogP) is 4.71. The van der Waals surface area contributed by atoms with Gasteiger partial charge in [0.15, 0.2) is 0 Å². The van der Waals surface area contributed by atoms with Crippen LogP contribution in [-0.2, 0) is 6.42 Å². The summed E-state index contributed by atoms with van der Waals surface area (Å²) in [6.45, 7) is 0.400. The molecule has 0 saturated heterocycles. The Morgan fingerprint density at radius 2 is 1.82 bits per heavy atom. The fourth-order valence-electron chi connectivity index (χ4n) is 3.77. The number of hydrogen-bond donors (Lipinski definition) is 3. The first-order valence-electron chi connectivity index (χ1n) is 10.8. The van der Waals surface area contributed by atoms with Gasteiger partial charge in [-0.3, -0.25) is 4.98 Å². The lowest BCUT2D eigenvalue weighted by Crippen LogP contribution is -2.30. The molecule has 0 fully saturated rings. The van der Waals surface area contributed by atoms with Crippen LogP contribution >= 0.6 is 0 Å². The summed E-state index contributed by atoms with van der Waals surface area (Å²) >= 11 is 0. The van der Waals surface area contributed by atoms with Crippen molar-refractivity contribution in [1.29, 1.82) is 0 Å². The minimum absolute atomic E-state index is 0.133. The molecule has 3 aromatic heterocycles. The number of nitrogens with two attached hydrogens (primary N) is 1. The number of para-hydroxylation sites is 1. The molecule has 5 rings (SSSR count). The molecular weight excluding hydrogens is 412 g/mol. The van der Waals surface area contributed by atoms with E-state index in [0.29, 0.717) is 18.3 Å². The first kappa shape index (κ1) is 20.7. The molecule has 0 bridgehead atoms. The first-order chi connectivity index (χ1) is 16.2. The van der Waals surface area contributed by atoms with Crippen molar-refractivity contribution in [1.82, 2.24) is 19.9 Å². The smallest absolute Gasteiger partial charge is 0.227 e. The second kappa shape index (κ2) is 9.50. The molecule has 0 aliphatic rings. The van der Waals surface area contributed by atoms with Gasteiger partial charge in [0.05, 0.1) is 6.20 Å². The van der Waals surface area contributed by atoms with Crippen LogP contribution in [0, 0.1) is 0 Å².